The van der Waals surface area contributed by atoms with Crippen molar-refractivity contribution in [2.75, 3.05) is 11.4 Å². The van der Waals surface area contributed by atoms with Crippen LogP contribution in [-0.2, 0) is 6.42 Å². The Bertz CT molecular complexity index is 925. The van der Waals surface area contributed by atoms with E-state index in [1.54, 1.807) is 0 Å². The van der Waals surface area contributed by atoms with Crippen molar-refractivity contribution in [2.24, 2.45) is 5.92 Å². The maximum Gasteiger partial charge on any atom is 0.225 e. The second-order valence-corrected chi connectivity index (χ2v) is 7.58. The van der Waals surface area contributed by atoms with Gasteiger partial charge in [0.25, 0.3) is 0 Å². The van der Waals surface area contributed by atoms with Gasteiger partial charge in [-0.25, -0.2) is 15.0 Å². The van der Waals surface area contributed by atoms with Crippen LogP contribution in [0.2, 0.25) is 0 Å². The molecule has 6 nitrogen and oxygen atoms in total. The van der Waals surface area contributed by atoms with Gasteiger partial charge in [-0.15, -0.1) is 0 Å². The highest BCUT2D eigenvalue weighted by Gasteiger charge is 2.43. The van der Waals surface area contributed by atoms with Crippen molar-refractivity contribution >= 4 is 17.0 Å². The average molecular weight is 334 g/mol. The van der Waals surface area contributed by atoms with Crippen LogP contribution in [0, 0.1) is 5.92 Å². The maximum absolute atomic E-state index is 4.80. The summed E-state index contributed by atoms with van der Waals surface area (Å²) in [6.07, 6.45) is 8.97. The highest BCUT2D eigenvalue weighted by atomic mass is 15.3. The monoisotopic (exact) mass is 334 g/mol. The van der Waals surface area contributed by atoms with Crippen LogP contribution in [0.4, 0.5) is 5.95 Å². The molecule has 6 heteroatoms. The number of nitrogens with zero attached hydrogens (tertiary/aromatic N) is 6. The number of imidazole rings is 1. The third-order valence-electron chi connectivity index (χ3n) is 5.50. The van der Waals surface area contributed by atoms with Crippen LogP contribution >= 0.6 is 0 Å². The van der Waals surface area contributed by atoms with Crippen LogP contribution in [0.25, 0.3) is 11.0 Å². The summed E-state index contributed by atoms with van der Waals surface area (Å²) in [5.41, 5.74) is 4.12. The summed E-state index contributed by atoms with van der Waals surface area (Å²) in [6.45, 7) is 5.45. The second-order valence-electron chi connectivity index (χ2n) is 7.58. The molecule has 2 aliphatic heterocycles. The first-order valence-electron chi connectivity index (χ1n) is 9.07. The smallest absolute Gasteiger partial charge is 0.225 e. The van der Waals surface area contributed by atoms with Gasteiger partial charge in [-0.05, 0) is 44.7 Å². The Labute approximate surface area is 147 Å². The minimum absolute atomic E-state index is 0.382. The molecule has 3 aromatic rings. The molecule has 2 bridgehead atoms. The van der Waals surface area contributed by atoms with Crippen LogP contribution in [0.5, 0.6) is 0 Å². The largest absolute Gasteiger partial charge is 0.338 e. The van der Waals surface area contributed by atoms with Crippen LogP contribution < -0.4 is 4.90 Å². The van der Waals surface area contributed by atoms with E-state index in [2.05, 4.69) is 44.3 Å². The van der Waals surface area contributed by atoms with Crippen LogP contribution in [0.3, 0.4) is 0 Å². The fraction of sp³-hybridized carbons (Fsp3) is 0.474. The third kappa shape index (κ3) is 2.47. The average Bonchev–Trinajstić information content (AvgIpc) is 3.27. The van der Waals surface area contributed by atoms with E-state index in [0.717, 1.165) is 47.3 Å². The molecular weight excluding hydrogens is 312 g/mol. The Morgan fingerprint density at radius 3 is 2.80 bits per heavy atom. The summed E-state index contributed by atoms with van der Waals surface area (Å²) in [7, 11) is 0. The second kappa shape index (κ2) is 5.51. The number of hydrogen-bond acceptors (Lipinski definition) is 5. The first-order valence-corrected chi connectivity index (χ1v) is 9.07. The zero-order valence-corrected chi connectivity index (χ0v) is 14.6. The van der Waals surface area contributed by atoms with E-state index in [1.165, 1.54) is 12.8 Å². The number of aromatic nitrogens is 5. The molecule has 3 aromatic heterocycles. The quantitative estimate of drug-likeness (QED) is 0.734. The normalized spacial score (nSPS) is 22.0. The number of rotatable bonds is 4. The van der Waals surface area contributed by atoms with Crippen LogP contribution in [0.1, 0.15) is 44.1 Å². The fourth-order valence-corrected chi connectivity index (χ4v) is 4.06. The Kier molecular flexibility index (Phi) is 3.26. The van der Waals surface area contributed by atoms with Gasteiger partial charge in [0.2, 0.25) is 5.95 Å². The van der Waals surface area contributed by atoms with Gasteiger partial charge in [0.05, 0.1) is 23.7 Å². The lowest BCUT2D eigenvalue weighted by Gasteiger charge is -2.25. The van der Waals surface area contributed by atoms with Gasteiger partial charge >= 0.3 is 0 Å². The summed E-state index contributed by atoms with van der Waals surface area (Å²) in [6, 6.07) is 5.18. The van der Waals surface area contributed by atoms with Crippen molar-refractivity contribution in [3.63, 3.8) is 0 Å². The molecule has 3 aliphatic rings. The van der Waals surface area contributed by atoms with Gasteiger partial charge in [0, 0.05) is 36.9 Å². The molecule has 6 rings (SSSR count). The van der Waals surface area contributed by atoms with Gasteiger partial charge < -0.3 is 9.47 Å². The van der Waals surface area contributed by atoms with Crippen LogP contribution in [-0.4, -0.2) is 37.1 Å². The Hall–Kier alpha value is -2.50. The van der Waals surface area contributed by atoms with E-state index in [1.807, 2.05) is 24.8 Å². The summed E-state index contributed by atoms with van der Waals surface area (Å²) < 4.78 is 2.18. The first-order chi connectivity index (χ1) is 12.2. The van der Waals surface area contributed by atoms with Crippen molar-refractivity contribution < 1.29 is 0 Å². The Morgan fingerprint density at radius 1 is 1.16 bits per heavy atom. The number of fused-ring (bicyclic) bond motifs is 2. The van der Waals surface area contributed by atoms with Gasteiger partial charge in [-0.1, -0.05) is 0 Å². The highest BCUT2D eigenvalue weighted by Crippen LogP contribution is 2.41. The number of pyridine rings is 1. The highest BCUT2D eigenvalue weighted by molar-refractivity contribution is 5.74. The predicted octanol–water partition coefficient (Wildman–Crippen LogP) is 2.99. The summed E-state index contributed by atoms with van der Waals surface area (Å²) >= 11 is 0. The third-order valence-corrected chi connectivity index (χ3v) is 5.50. The minimum Gasteiger partial charge on any atom is -0.338 e. The minimum atomic E-state index is 0.382. The van der Waals surface area contributed by atoms with Gasteiger partial charge in [-0.3, -0.25) is 4.98 Å². The number of anilines is 1. The fourth-order valence-electron chi connectivity index (χ4n) is 4.06. The lowest BCUT2D eigenvalue weighted by molar-refractivity contribution is 0.380. The summed E-state index contributed by atoms with van der Waals surface area (Å²) in [5, 5.41) is 0. The molecule has 3 fully saturated rings. The standard InChI is InChI=1S/C19H22N6/c1-12(2)25-11-22-17-9-21-15(8-18(17)25)7-14-3-4-20-19(23-14)24-10-13-5-16(24)6-13/h3-4,8-9,11-13,16H,5-7,10H2,1-2H3. The van der Waals surface area contributed by atoms with E-state index in [-0.39, 0.29) is 0 Å². The molecule has 128 valence electrons. The van der Waals surface area contributed by atoms with Gasteiger partial charge in [0.15, 0.2) is 0 Å². The van der Waals surface area contributed by atoms with E-state index >= 15 is 0 Å². The van der Waals surface area contributed by atoms with Crippen molar-refractivity contribution in [2.45, 2.75) is 45.2 Å². The SMILES string of the molecule is CC(C)n1cnc2cnc(Cc3ccnc(N4CC5CC4C5)n3)cc21. The zero-order chi connectivity index (χ0) is 17.0. The van der Waals surface area contributed by atoms with E-state index < -0.39 is 0 Å². The van der Waals surface area contributed by atoms with Crippen molar-refractivity contribution in [3.8, 4) is 0 Å². The molecule has 0 atom stereocenters. The van der Waals surface area contributed by atoms with Gasteiger partial charge in [0.1, 0.15) is 5.52 Å². The zero-order valence-electron chi connectivity index (χ0n) is 14.6. The molecular formula is C19H22N6. The van der Waals surface area contributed by atoms with Crippen molar-refractivity contribution in [3.05, 3.63) is 42.2 Å². The molecule has 1 aliphatic carbocycles. The summed E-state index contributed by atoms with van der Waals surface area (Å²) in [5.74, 6) is 1.74. The molecule has 0 unspecified atom stereocenters. The van der Waals surface area contributed by atoms with Crippen LogP contribution in [0.15, 0.2) is 30.9 Å². The lowest BCUT2D eigenvalue weighted by Crippen LogP contribution is -2.30. The van der Waals surface area contributed by atoms with E-state index in [4.69, 9.17) is 4.98 Å². The molecule has 2 saturated heterocycles. The molecule has 25 heavy (non-hydrogen) atoms. The van der Waals surface area contributed by atoms with Gasteiger partial charge in [-0.2, -0.15) is 0 Å². The molecule has 0 N–H and O–H groups in total. The van der Waals surface area contributed by atoms with E-state index in [9.17, 15) is 0 Å². The summed E-state index contributed by atoms with van der Waals surface area (Å²) in [4.78, 5) is 20.7. The first kappa shape index (κ1) is 14.8. The van der Waals surface area contributed by atoms with Crippen molar-refractivity contribution in [1.82, 2.24) is 24.5 Å². The molecule has 0 aromatic carbocycles. The van der Waals surface area contributed by atoms with E-state index in [0.29, 0.717) is 12.1 Å². The lowest BCUT2D eigenvalue weighted by atomic mass is 9.86. The molecule has 5 heterocycles. The van der Waals surface area contributed by atoms with Crippen molar-refractivity contribution in [1.29, 1.82) is 0 Å². The molecule has 0 amide bonds. The Morgan fingerprint density at radius 2 is 2.04 bits per heavy atom. The molecule has 0 radical (unpaired) electrons. The Balaban J connectivity index is 1.43. The number of hydrogen-bond donors (Lipinski definition) is 0. The predicted molar refractivity (Wildman–Crippen MR) is 96.6 cm³/mol. The molecule has 1 saturated carbocycles. The maximum atomic E-state index is 4.80. The molecule has 0 spiro atoms. The topological polar surface area (TPSA) is 59.7 Å².